The minimum Gasteiger partial charge on any atom is -0.490 e. The Kier molecular flexibility index (Phi) is 4.23. The molecule has 0 spiro atoms. The van der Waals surface area contributed by atoms with E-state index < -0.39 is 0 Å². The molecule has 1 saturated carbocycles. The Hall–Kier alpha value is -1.09. The molecule has 3 heteroatoms. The first kappa shape index (κ1) is 13.3. The molecule has 0 heterocycles. The molecule has 0 aromatic heterocycles. The van der Waals surface area contributed by atoms with Gasteiger partial charge in [0.2, 0.25) is 0 Å². The van der Waals surface area contributed by atoms with Gasteiger partial charge in [-0.05, 0) is 50.3 Å². The van der Waals surface area contributed by atoms with Gasteiger partial charge in [-0.1, -0.05) is 13.3 Å². The molecule has 2 unspecified atom stereocenters. The first-order valence-corrected chi connectivity index (χ1v) is 6.79. The van der Waals surface area contributed by atoms with Crippen LogP contribution in [0.15, 0.2) is 18.2 Å². The highest BCUT2D eigenvalue weighted by Gasteiger charge is 2.24. The third-order valence-corrected chi connectivity index (χ3v) is 3.77. The summed E-state index contributed by atoms with van der Waals surface area (Å²) in [6, 6.07) is 4.41. The Bertz CT molecular complexity index is 405. The largest absolute Gasteiger partial charge is 0.490 e. The van der Waals surface area contributed by atoms with Gasteiger partial charge in [-0.3, -0.25) is 0 Å². The molecule has 2 N–H and O–H groups in total. The summed E-state index contributed by atoms with van der Waals surface area (Å²) in [5.74, 6) is 1.04. The number of benzene rings is 1. The van der Waals surface area contributed by atoms with Gasteiger partial charge in [0.1, 0.15) is 17.7 Å². The highest BCUT2D eigenvalue weighted by atomic mass is 19.1. The molecule has 2 nitrogen and oxygen atoms in total. The summed E-state index contributed by atoms with van der Waals surface area (Å²) in [7, 11) is 0. The van der Waals surface area contributed by atoms with Crippen LogP contribution in [0.1, 0.15) is 51.1 Å². The van der Waals surface area contributed by atoms with Gasteiger partial charge >= 0.3 is 0 Å². The molecule has 1 aliphatic rings. The monoisotopic (exact) mass is 251 g/mol. The van der Waals surface area contributed by atoms with Crippen molar-refractivity contribution in [2.75, 3.05) is 0 Å². The highest BCUT2D eigenvalue weighted by molar-refractivity contribution is 5.36. The molecular formula is C15H22FNO. The van der Waals surface area contributed by atoms with Gasteiger partial charge in [0.25, 0.3) is 0 Å². The standard InChI is InChI=1S/C15H22FNO/c1-10-5-3-4-6-14(10)18-15-8-7-12(16)9-13(15)11(2)17/h7-11,14H,3-6,17H2,1-2H3/t10?,11-,14?/m1/s1. The van der Waals surface area contributed by atoms with Crippen LogP contribution >= 0.6 is 0 Å². The van der Waals surface area contributed by atoms with Crippen molar-refractivity contribution in [3.8, 4) is 5.75 Å². The lowest BCUT2D eigenvalue weighted by molar-refractivity contribution is 0.101. The van der Waals surface area contributed by atoms with E-state index in [0.29, 0.717) is 5.92 Å². The fourth-order valence-electron chi connectivity index (χ4n) is 2.60. The normalized spacial score (nSPS) is 25.8. The van der Waals surface area contributed by atoms with Gasteiger partial charge in [0.15, 0.2) is 0 Å². The van der Waals surface area contributed by atoms with E-state index in [1.807, 2.05) is 6.92 Å². The molecule has 3 atom stereocenters. The lowest BCUT2D eigenvalue weighted by Crippen LogP contribution is -2.29. The second-order valence-corrected chi connectivity index (χ2v) is 5.39. The van der Waals surface area contributed by atoms with E-state index in [9.17, 15) is 4.39 Å². The Morgan fingerprint density at radius 2 is 2.06 bits per heavy atom. The number of hydrogen-bond acceptors (Lipinski definition) is 2. The summed E-state index contributed by atoms with van der Waals surface area (Å²) in [5.41, 5.74) is 6.63. The van der Waals surface area contributed by atoms with Gasteiger partial charge in [0.05, 0.1) is 0 Å². The van der Waals surface area contributed by atoms with Crippen molar-refractivity contribution in [3.63, 3.8) is 0 Å². The molecule has 0 bridgehead atoms. The smallest absolute Gasteiger partial charge is 0.124 e. The van der Waals surface area contributed by atoms with Crippen molar-refractivity contribution in [1.29, 1.82) is 0 Å². The van der Waals surface area contributed by atoms with Gasteiger partial charge in [-0.2, -0.15) is 0 Å². The number of halogens is 1. The van der Waals surface area contributed by atoms with Crippen molar-refractivity contribution in [2.45, 2.75) is 51.7 Å². The average molecular weight is 251 g/mol. The lowest BCUT2D eigenvalue weighted by atomic mass is 9.88. The van der Waals surface area contributed by atoms with Crippen LogP contribution in [0.3, 0.4) is 0 Å². The minimum absolute atomic E-state index is 0.213. The van der Waals surface area contributed by atoms with E-state index in [1.54, 1.807) is 6.07 Å². The third-order valence-electron chi connectivity index (χ3n) is 3.77. The van der Waals surface area contributed by atoms with Crippen molar-refractivity contribution < 1.29 is 9.13 Å². The predicted molar refractivity (Wildman–Crippen MR) is 71.1 cm³/mol. The molecule has 100 valence electrons. The van der Waals surface area contributed by atoms with Crippen molar-refractivity contribution in [2.24, 2.45) is 11.7 Å². The average Bonchev–Trinajstić information content (AvgIpc) is 2.34. The van der Waals surface area contributed by atoms with Gasteiger partial charge in [-0.15, -0.1) is 0 Å². The molecule has 1 aromatic rings. The molecule has 0 saturated heterocycles. The fourth-order valence-corrected chi connectivity index (χ4v) is 2.60. The van der Waals surface area contributed by atoms with Crippen molar-refractivity contribution >= 4 is 0 Å². The molecule has 2 rings (SSSR count). The first-order valence-electron chi connectivity index (χ1n) is 6.79. The Morgan fingerprint density at radius 3 is 2.72 bits per heavy atom. The Labute approximate surface area is 108 Å². The summed E-state index contributed by atoms with van der Waals surface area (Å²) in [5, 5.41) is 0. The van der Waals surface area contributed by atoms with Crippen molar-refractivity contribution in [3.05, 3.63) is 29.6 Å². The van der Waals surface area contributed by atoms with E-state index in [-0.39, 0.29) is 18.0 Å². The summed E-state index contributed by atoms with van der Waals surface area (Å²) >= 11 is 0. The second kappa shape index (κ2) is 5.70. The lowest BCUT2D eigenvalue weighted by Gasteiger charge is -2.30. The topological polar surface area (TPSA) is 35.2 Å². The van der Waals surface area contributed by atoms with E-state index >= 15 is 0 Å². The SMILES string of the molecule is CC1CCCCC1Oc1ccc(F)cc1[C@@H](C)N. The van der Waals surface area contributed by atoms with E-state index in [1.165, 1.54) is 31.4 Å². The van der Waals surface area contributed by atoms with Crippen molar-refractivity contribution in [1.82, 2.24) is 0 Å². The number of nitrogens with two attached hydrogens (primary N) is 1. The first-order chi connectivity index (χ1) is 8.58. The molecule has 0 aliphatic heterocycles. The van der Waals surface area contributed by atoms with Crippen LogP contribution in [0.4, 0.5) is 4.39 Å². The predicted octanol–water partition coefficient (Wildman–Crippen LogP) is 3.80. The maximum atomic E-state index is 13.3. The van der Waals surface area contributed by atoms with Crippen LogP contribution in [-0.2, 0) is 0 Å². The minimum atomic E-state index is -0.258. The summed E-state index contributed by atoms with van der Waals surface area (Å²) in [6.45, 7) is 4.07. The molecule has 1 aliphatic carbocycles. The van der Waals surface area contributed by atoms with E-state index in [4.69, 9.17) is 10.5 Å². The summed E-state index contributed by atoms with van der Waals surface area (Å²) < 4.78 is 19.3. The number of hydrogen-bond donors (Lipinski definition) is 1. The zero-order valence-electron chi connectivity index (χ0n) is 11.2. The van der Waals surface area contributed by atoms with Crippen LogP contribution in [0.2, 0.25) is 0 Å². The zero-order valence-corrected chi connectivity index (χ0v) is 11.2. The third kappa shape index (κ3) is 3.02. The van der Waals surface area contributed by atoms with Crippen LogP contribution < -0.4 is 10.5 Å². The van der Waals surface area contributed by atoms with Crippen LogP contribution in [-0.4, -0.2) is 6.10 Å². The van der Waals surface area contributed by atoms with E-state index in [2.05, 4.69) is 6.92 Å². The van der Waals surface area contributed by atoms with Crippen LogP contribution in [0.25, 0.3) is 0 Å². The van der Waals surface area contributed by atoms with Gasteiger partial charge in [-0.25, -0.2) is 4.39 Å². The van der Waals surface area contributed by atoms with E-state index in [0.717, 1.165) is 17.7 Å². The molecule has 0 amide bonds. The van der Waals surface area contributed by atoms with Crippen LogP contribution in [0.5, 0.6) is 5.75 Å². The molecule has 18 heavy (non-hydrogen) atoms. The maximum absolute atomic E-state index is 13.3. The summed E-state index contributed by atoms with van der Waals surface area (Å²) in [6.07, 6.45) is 5.02. The highest BCUT2D eigenvalue weighted by Crippen LogP contribution is 2.31. The Morgan fingerprint density at radius 1 is 1.33 bits per heavy atom. The quantitative estimate of drug-likeness (QED) is 0.886. The number of ether oxygens (including phenoxy) is 1. The molecule has 1 fully saturated rings. The molecule has 1 aromatic carbocycles. The summed E-state index contributed by atoms with van der Waals surface area (Å²) in [4.78, 5) is 0. The maximum Gasteiger partial charge on any atom is 0.124 e. The van der Waals surface area contributed by atoms with Gasteiger partial charge in [0, 0.05) is 11.6 Å². The Balaban J connectivity index is 2.17. The molecule has 0 radical (unpaired) electrons. The number of rotatable bonds is 3. The molecular weight excluding hydrogens is 229 g/mol. The zero-order chi connectivity index (χ0) is 13.1. The fraction of sp³-hybridized carbons (Fsp3) is 0.600. The second-order valence-electron chi connectivity index (χ2n) is 5.39. The van der Waals surface area contributed by atoms with Gasteiger partial charge < -0.3 is 10.5 Å². The van der Waals surface area contributed by atoms with Crippen LogP contribution in [0, 0.1) is 11.7 Å².